The van der Waals surface area contributed by atoms with Crippen LogP contribution in [0.25, 0.3) is 11.1 Å². The molecule has 1 aromatic heterocycles. The second kappa shape index (κ2) is 14.6. The van der Waals surface area contributed by atoms with E-state index in [2.05, 4.69) is 72.7 Å². The van der Waals surface area contributed by atoms with Gasteiger partial charge in [0.1, 0.15) is 36.3 Å². The maximum atomic E-state index is 11.7. The Labute approximate surface area is 268 Å². The number of hydrogen-bond acceptors (Lipinski definition) is 7. The average molecular weight is 626 g/mol. The van der Waals surface area contributed by atoms with Crippen molar-refractivity contribution in [2.75, 3.05) is 6.61 Å². The number of aliphatic hydroxyl groups is 1. The highest BCUT2D eigenvalue weighted by Crippen LogP contribution is 2.44. The minimum Gasteiger partial charge on any atom is -0.488 e. The molecule has 0 radical (unpaired) electrons. The van der Waals surface area contributed by atoms with Crippen molar-refractivity contribution in [3.05, 3.63) is 111 Å². The van der Waals surface area contributed by atoms with Gasteiger partial charge in [-0.3, -0.25) is 9.78 Å². The topological polar surface area (TPSA) is 125 Å². The molecule has 3 N–H and O–H groups in total. The summed E-state index contributed by atoms with van der Waals surface area (Å²) in [5, 5.41) is 31.4. The number of carboxylic acid groups (broad SMARTS) is 1. The number of nitrogens with one attached hydrogen (secondary N) is 1. The van der Waals surface area contributed by atoms with Gasteiger partial charge in [0.05, 0.1) is 10.6 Å². The first kappa shape index (κ1) is 32.0. The summed E-state index contributed by atoms with van der Waals surface area (Å²) in [4.78, 5) is 15.8. The third-order valence-electron chi connectivity index (χ3n) is 8.05. The summed E-state index contributed by atoms with van der Waals surface area (Å²) < 4.78 is 12.8. The lowest BCUT2D eigenvalue weighted by molar-refractivity contribution is -0.140. The van der Waals surface area contributed by atoms with E-state index in [4.69, 9.17) is 21.1 Å². The number of fused-ring (bicyclic) bond motifs is 1. The summed E-state index contributed by atoms with van der Waals surface area (Å²) >= 11 is 6.77. The standard InChI is InChI=1S/C36H36ClN3O5/c1-22(2)26-6-3-4-7-27(26)28-8-5-9-30-29(28)10-11-33(30)45-35-16-34(44-21-24-14-23(17-38)18-39-19-24)25(15-31(35)37)20-40-32(12-13-41)36(42)43/h3-9,14-16,18-19,22,32-33,40-41H,10-13,20-21H2,1-2H3,(H,42,43)/t32-,33-/m0/s1. The highest BCUT2D eigenvalue weighted by atomic mass is 35.5. The van der Waals surface area contributed by atoms with Crippen LogP contribution in [0.2, 0.25) is 5.02 Å². The van der Waals surface area contributed by atoms with Crippen molar-refractivity contribution in [1.82, 2.24) is 10.3 Å². The molecule has 4 aromatic rings. The van der Waals surface area contributed by atoms with Crippen LogP contribution in [0.15, 0.2) is 73.1 Å². The van der Waals surface area contributed by atoms with E-state index in [1.807, 2.05) is 0 Å². The first-order valence-electron chi connectivity index (χ1n) is 15.0. The van der Waals surface area contributed by atoms with Gasteiger partial charge in [-0.1, -0.05) is 67.9 Å². The summed E-state index contributed by atoms with van der Waals surface area (Å²) in [5.74, 6) is 0.237. The molecule has 0 fully saturated rings. The van der Waals surface area contributed by atoms with Gasteiger partial charge < -0.3 is 25.0 Å². The average Bonchev–Trinajstić information content (AvgIpc) is 3.46. The van der Waals surface area contributed by atoms with E-state index in [9.17, 15) is 20.3 Å². The second-order valence-corrected chi connectivity index (χ2v) is 11.8. The number of aromatic nitrogens is 1. The third-order valence-corrected chi connectivity index (χ3v) is 8.34. The Morgan fingerprint density at radius 3 is 2.67 bits per heavy atom. The number of nitriles is 1. The molecule has 0 saturated carbocycles. The van der Waals surface area contributed by atoms with E-state index in [0.717, 1.165) is 18.4 Å². The van der Waals surface area contributed by atoms with Crippen LogP contribution in [-0.2, 0) is 24.4 Å². The quantitative estimate of drug-likeness (QED) is 0.146. The lowest BCUT2D eigenvalue weighted by atomic mass is 9.89. The smallest absolute Gasteiger partial charge is 0.320 e. The van der Waals surface area contributed by atoms with Crippen LogP contribution < -0.4 is 14.8 Å². The fourth-order valence-corrected chi connectivity index (χ4v) is 6.02. The van der Waals surface area contributed by atoms with Gasteiger partial charge in [0.15, 0.2) is 0 Å². The van der Waals surface area contributed by atoms with E-state index < -0.39 is 12.0 Å². The van der Waals surface area contributed by atoms with Crippen LogP contribution in [0.4, 0.5) is 0 Å². The largest absolute Gasteiger partial charge is 0.488 e. The number of ether oxygens (including phenoxy) is 2. The molecular weight excluding hydrogens is 590 g/mol. The molecule has 0 bridgehead atoms. The van der Waals surface area contributed by atoms with Crippen molar-refractivity contribution in [3.63, 3.8) is 0 Å². The van der Waals surface area contributed by atoms with E-state index in [1.165, 1.54) is 28.5 Å². The van der Waals surface area contributed by atoms with E-state index in [0.29, 0.717) is 39.1 Å². The molecule has 3 aromatic carbocycles. The van der Waals surface area contributed by atoms with Gasteiger partial charge >= 0.3 is 5.97 Å². The summed E-state index contributed by atoms with van der Waals surface area (Å²) in [6.07, 6.45) is 4.61. The number of benzene rings is 3. The maximum absolute atomic E-state index is 11.7. The molecule has 0 spiro atoms. The van der Waals surface area contributed by atoms with Crippen LogP contribution in [0.1, 0.15) is 72.1 Å². The monoisotopic (exact) mass is 625 g/mol. The van der Waals surface area contributed by atoms with Crippen LogP contribution in [0.5, 0.6) is 11.5 Å². The molecule has 5 rings (SSSR count). The molecule has 0 aliphatic heterocycles. The molecule has 232 valence electrons. The van der Waals surface area contributed by atoms with Gasteiger partial charge in [-0.2, -0.15) is 5.26 Å². The number of aliphatic hydroxyl groups excluding tert-OH is 1. The minimum absolute atomic E-state index is 0.0534. The summed E-state index contributed by atoms with van der Waals surface area (Å²) in [6.45, 7) is 4.41. The highest BCUT2D eigenvalue weighted by molar-refractivity contribution is 6.32. The van der Waals surface area contributed by atoms with E-state index in [1.54, 1.807) is 24.4 Å². The first-order valence-corrected chi connectivity index (χ1v) is 15.4. The summed E-state index contributed by atoms with van der Waals surface area (Å²) in [5.41, 5.74) is 7.93. The Balaban J connectivity index is 1.44. The minimum atomic E-state index is -1.06. The molecular formula is C36H36ClN3O5. The number of pyridine rings is 1. The van der Waals surface area contributed by atoms with Gasteiger partial charge in [0, 0.05) is 42.7 Å². The Morgan fingerprint density at radius 1 is 1.11 bits per heavy atom. The maximum Gasteiger partial charge on any atom is 0.320 e. The molecule has 9 heteroatoms. The normalized spacial score (nSPS) is 14.5. The van der Waals surface area contributed by atoms with Crippen LogP contribution in [0, 0.1) is 11.3 Å². The van der Waals surface area contributed by atoms with Crippen molar-refractivity contribution >= 4 is 17.6 Å². The molecule has 45 heavy (non-hydrogen) atoms. The number of carbonyl (C=O) groups is 1. The lowest BCUT2D eigenvalue weighted by Crippen LogP contribution is -2.37. The molecule has 0 unspecified atom stereocenters. The summed E-state index contributed by atoms with van der Waals surface area (Å²) in [6, 6.07) is 21.2. The Bertz CT molecular complexity index is 1720. The number of aliphatic carboxylic acids is 1. The van der Waals surface area contributed by atoms with Crippen LogP contribution in [0.3, 0.4) is 0 Å². The second-order valence-electron chi connectivity index (χ2n) is 11.4. The molecule has 1 heterocycles. The van der Waals surface area contributed by atoms with E-state index in [-0.39, 0.29) is 32.3 Å². The van der Waals surface area contributed by atoms with E-state index >= 15 is 0 Å². The number of nitrogens with zero attached hydrogens (tertiary/aromatic N) is 2. The van der Waals surface area contributed by atoms with Gasteiger partial charge in [-0.15, -0.1) is 0 Å². The fraction of sp³-hybridized carbons (Fsp3) is 0.306. The van der Waals surface area contributed by atoms with Crippen LogP contribution >= 0.6 is 11.6 Å². The molecule has 1 aliphatic carbocycles. The third kappa shape index (κ3) is 7.46. The molecule has 8 nitrogen and oxygen atoms in total. The predicted molar refractivity (Wildman–Crippen MR) is 172 cm³/mol. The van der Waals surface area contributed by atoms with Crippen molar-refractivity contribution in [3.8, 4) is 28.7 Å². The Kier molecular flexibility index (Phi) is 10.4. The van der Waals surface area contributed by atoms with Gasteiger partial charge in [-0.25, -0.2) is 0 Å². The van der Waals surface area contributed by atoms with Crippen LogP contribution in [-0.4, -0.2) is 33.8 Å². The Morgan fingerprint density at radius 2 is 1.91 bits per heavy atom. The van der Waals surface area contributed by atoms with Crippen molar-refractivity contribution < 1.29 is 24.5 Å². The first-order chi connectivity index (χ1) is 21.8. The number of rotatable bonds is 13. The lowest BCUT2D eigenvalue weighted by Gasteiger charge is -2.21. The zero-order valence-corrected chi connectivity index (χ0v) is 26.1. The van der Waals surface area contributed by atoms with Crippen molar-refractivity contribution in [1.29, 1.82) is 5.26 Å². The molecule has 0 saturated heterocycles. The zero-order chi connectivity index (χ0) is 31.9. The Hall–Kier alpha value is -4.42. The van der Waals surface area contributed by atoms with Gasteiger partial charge in [0.25, 0.3) is 0 Å². The number of halogens is 1. The van der Waals surface area contributed by atoms with Crippen molar-refractivity contribution in [2.24, 2.45) is 0 Å². The summed E-state index contributed by atoms with van der Waals surface area (Å²) in [7, 11) is 0. The van der Waals surface area contributed by atoms with Crippen molar-refractivity contribution in [2.45, 2.75) is 64.3 Å². The number of carboxylic acids is 1. The fourth-order valence-electron chi connectivity index (χ4n) is 5.79. The zero-order valence-electron chi connectivity index (χ0n) is 25.3. The SMILES string of the molecule is CC(C)c1ccccc1-c1cccc2c1CC[C@@H]2Oc1cc(OCc2cncc(C#N)c2)c(CN[C@@H](CCO)C(=O)O)cc1Cl. The van der Waals surface area contributed by atoms with Gasteiger partial charge in [-0.05, 0) is 65.1 Å². The molecule has 1 aliphatic rings. The predicted octanol–water partition coefficient (Wildman–Crippen LogP) is 6.97. The number of hydrogen-bond donors (Lipinski definition) is 3. The van der Waals surface area contributed by atoms with Gasteiger partial charge in [0.2, 0.25) is 0 Å². The highest BCUT2D eigenvalue weighted by Gasteiger charge is 2.28. The molecule has 0 amide bonds. The molecule has 2 atom stereocenters.